The van der Waals surface area contributed by atoms with E-state index in [-0.39, 0.29) is 18.7 Å². The monoisotopic (exact) mass is 598 g/mol. The highest BCUT2D eigenvalue weighted by atomic mass is 32.2. The second-order valence-electron chi connectivity index (χ2n) is 10.4. The summed E-state index contributed by atoms with van der Waals surface area (Å²) in [5.74, 6) is -0.541. The molecular formula is C29H28F6N2O3S. The molecule has 0 radical (unpaired) electrons. The molecule has 0 aliphatic carbocycles. The van der Waals surface area contributed by atoms with E-state index in [1.165, 1.54) is 19.1 Å². The zero-order chi connectivity index (χ0) is 29.7. The van der Waals surface area contributed by atoms with Gasteiger partial charge in [-0.3, -0.25) is 4.90 Å². The maximum Gasteiger partial charge on any atom is 0.417 e. The Morgan fingerprint density at radius 1 is 0.805 bits per heavy atom. The zero-order valence-corrected chi connectivity index (χ0v) is 22.8. The van der Waals surface area contributed by atoms with Crippen LogP contribution in [0.15, 0.2) is 71.6 Å². The molecule has 2 saturated heterocycles. The third kappa shape index (κ3) is 5.50. The van der Waals surface area contributed by atoms with Gasteiger partial charge < -0.3 is 5.11 Å². The number of aliphatic hydroxyl groups excluding tert-OH is 1. The molecule has 3 aromatic carbocycles. The van der Waals surface area contributed by atoms with Crippen LogP contribution in [0.25, 0.3) is 11.1 Å². The minimum Gasteiger partial charge on any atom is -0.378 e. The van der Waals surface area contributed by atoms with Crippen molar-refractivity contribution in [1.29, 1.82) is 0 Å². The summed E-state index contributed by atoms with van der Waals surface area (Å²) in [5, 5.41) is 11.0. The fourth-order valence-electron chi connectivity index (χ4n) is 5.92. The third-order valence-corrected chi connectivity index (χ3v) is 9.95. The fraction of sp³-hybridized carbons (Fsp3) is 0.379. The van der Waals surface area contributed by atoms with Crippen LogP contribution in [0.5, 0.6) is 0 Å². The minimum atomic E-state index is -4.85. The summed E-state index contributed by atoms with van der Waals surface area (Å²) in [7, 11) is -4.51. The third-order valence-electron chi connectivity index (χ3n) is 8.02. The predicted molar refractivity (Wildman–Crippen MR) is 140 cm³/mol. The minimum absolute atomic E-state index is 0.0371. The molecule has 0 saturated carbocycles. The number of hydrogen-bond donors (Lipinski definition) is 1. The van der Waals surface area contributed by atoms with E-state index < -0.39 is 56.6 Å². The van der Waals surface area contributed by atoms with E-state index in [4.69, 9.17) is 0 Å². The molecule has 2 aliphatic rings. The Morgan fingerprint density at radius 3 is 2.07 bits per heavy atom. The number of sulfonamides is 1. The van der Waals surface area contributed by atoms with Gasteiger partial charge in [-0.05, 0) is 60.2 Å². The van der Waals surface area contributed by atoms with Gasteiger partial charge in [0.2, 0.25) is 10.0 Å². The Bertz CT molecular complexity index is 1520. The predicted octanol–water partition coefficient (Wildman–Crippen LogP) is 6.27. The molecule has 2 heterocycles. The van der Waals surface area contributed by atoms with Gasteiger partial charge >= 0.3 is 12.4 Å². The summed E-state index contributed by atoms with van der Waals surface area (Å²) in [6.07, 6.45) is -9.33. The van der Waals surface area contributed by atoms with Crippen molar-refractivity contribution in [3.8, 4) is 11.1 Å². The normalized spacial score (nSPS) is 22.9. The number of fused-ring (bicyclic) bond motifs is 1. The van der Waals surface area contributed by atoms with Crippen LogP contribution in [-0.2, 0) is 22.4 Å². The van der Waals surface area contributed by atoms with Gasteiger partial charge in [-0.1, -0.05) is 48.5 Å². The Morgan fingerprint density at radius 2 is 1.41 bits per heavy atom. The Hall–Kier alpha value is -2.93. The highest BCUT2D eigenvalue weighted by Crippen LogP contribution is 2.43. The lowest BCUT2D eigenvalue weighted by Gasteiger charge is -2.55. The highest BCUT2D eigenvalue weighted by Gasteiger charge is 2.50. The largest absolute Gasteiger partial charge is 0.417 e. The van der Waals surface area contributed by atoms with Crippen molar-refractivity contribution in [3.63, 3.8) is 0 Å². The van der Waals surface area contributed by atoms with E-state index >= 15 is 0 Å². The first kappa shape index (κ1) is 29.6. The molecule has 0 aromatic heterocycles. The van der Waals surface area contributed by atoms with Gasteiger partial charge in [-0.15, -0.1) is 0 Å². The first-order valence-corrected chi connectivity index (χ1v) is 14.5. The molecule has 41 heavy (non-hydrogen) atoms. The summed E-state index contributed by atoms with van der Waals surface area (Å²) < 4.78 is 109. The molecule has 5 nitrogen and oxygen atoms in total. The van der Waals surface area contributed by atoms with Gasteiger partial charge in [0.25, 0.3) is 0 Å². The SMILES string of the molecule is Cc1c(-c2ccc([C@@H]3[C@@H](O)N4CCCCN(S(=O)(=O)c5ccccc5C(F)(F)F)C[C@@H]34)cc2)cccc1C(F)(F)F. The highest BCUT2D eigenvalue weighted by molar-refractivity contribution is 7.89. The maximum atomic E-state index is 13.7. The molecule has 2 aliphatic heterocycles. The summed E-state index contributed by atoms with van der Waals surface area (Å²) in [6.45, 7) is 1.82. The lowest BCUT2D eigenvalue weighted by atomic mass is 9.79. The van der Waals surface area contributed by atoms with Crippen LogP contribution in [-0.4, -0.2) is 54.6 Å². The van der Waals surface area contributed by atoms with E-state index in [1.807, 2.05) is 0 Å². The lowest BCUT2D eigenvalue weighted by molar-refractivity contribution is -0.148. The van der Waals surface area contributed by atoms with Gasteiger partial charge in [0.15, 0.2) is 0 Å². The van der Waals surface area contributed by atoms with Crippen LogP contribution in [0.4, 0.5) is 26.3 Å². The molecule has 12 heteroatoms. The Labute approximate surface area is 234 Å². The standard InChI is InChI=1S/C29H28F6N2O3S/c1-18-21(7-6-9-22(18)28(30,31)32)19-11-13-20(14-12-19)26-24-17-36(15-4-5-16-37(24)27(26)38)41(39,40)25-10-3-2-8-23(25)29(33,34)35/h2-3,6-14,24,26-27,38H,4-5,15-17H2,1H3/t24-,26-,27+/m0/s1. The molecule has 2 fully saturated rings. The van der Waals surface area contributed by atoms with Gasteiger partial charge in [0.05, 0.1) is 16.0 Å². The maximum absolute atomic E-state index is 13.7. The average Bonchev–Trinajstić information content (AvgIpc) is 2.89. The Kier molecular flexibility index (Phi) is 7.73. The lowest BCUT2D eigenvalue weighted by Crippen LogP contribution is -2.66. The number of rotatable bonds is 4. The number of hydrogen-bond acceptors (Lipinski definition) is 4. The van der Waals surface area contributed by atoms with Gasteiger partial charge in [0, 0.05) is 31.6 Å². The van der Waals surface area contributed by atoms with E-state index in [0.29, 0.717) is 36.1 Å². The topological polar surface area (TPSA) is 60.9 Å². The molecule has 3 aromatic rings. The van der Waals surface area contributed by atoms with Crippen LogP contribution in [0.2, 0.25) is 0 Å². The average molecular weight is 599 g/mol. The number of halogens is 6. The number of nitrogens with zero attached hydrogens (tertiary/aromatic N) is 2. The second-order valence-corrected chi connectivity index (χ2v) is 12.3. The summed E-state index contributed by atoms with van der Waals surface area (Å²) >= 11 is 0. The molecule has 3 atom stereocenters. The van der Waals surface area contributed by atoms with Crippen molar-refractivity contribution in [3.05, 3.63) is 89.0 Å². The molecule has 0 amide bonds. The molecule has 0 bridgehead atoms. The fourth-order valence-corrected chi connectivity index (χ4v) is 7.63. The van der Waals surface area contributed by atoms with Crippen molar-refractivity contribution in [2.45, 2.75) is 55.2 Å². The quantitative estimate of drug-likeness (QED) is 0.360. The van der Waals surface area contributed by atoms with Crippen molar-refractivity contribution in [1.82, 2.24) is 9.21 Å². The molecule has 1 N–H and O–H groups in total. The molecule has 0 spiro atoms. The molecule has 220 valence electrons. The molecule has 0 unspecified atom stereocenters. The van der Waals surface area contributed by atoms with Crippen molar-refractivity contribution < 1.29 is 39.9 Å². The van der Waals surface area contributed by atoms with Crippen LogP contribution < -0.4 is 0 Å². The van der Waals surface area contributed by atoms with Gasteiger partial charge in [-0.2, -0.15) is 30.6 Å². The van der Waals surface area contributed by atoms with E-state index in [9.17, 15) is 39.9 Å². The Balaban J connectivity index is 1.44. The van der Waals surface area contributed by atoms with E-state index in [0.717, 1.165) is 28.6 Å². The number of alkyl halides is 6. The summed E-state index contributed by atoms with van der Waals surface area (Å²) in [4.78, 5) is 0.934. The number of benzene rings is 3. The zero-order valence-electron chi connectivity index (χ0n) is 22.0. The summed E-state index contributed by atoms with van der Waals surface area (Å²) in [6, 6.07) is 14.2. The summed E-state index contributed by atoms with van der Waals surface area (Å²) in [5.41, 5.74) is -0.262. The van der Waals surface area contributed by atoms with Crippen LogP contribution in [0.3, 0.4) is 0 Å². The molecular weight excluding hydrogens is 570 g/mol. The van der Waals surface area contributed by atoms with Crippen molar-refractivity contribution in [2.75, 3.05) is 19.6 Å². The van der Waals surface area contributed by atoms with Crippen LogP contribution in [0.1, 0.15) is 41.0 Å². The number of aliphatic hydroxyl groups is 1. The second kappa shape index (κ2) is 10.7. The van der Waals surface area contributed by atoms with Gasteiger partial charge in [-0.25, -0.2) is 8.42 Å². The van der Waals surface area contributed by atoms with E-state index in [2.05, 4.69) is 0 Å². The van der Waals surface area contributed by atoms with Crippen LogP contribution >= 0.6 is 0 Å². The van der Waals surface area contributed by atoms with Crippen LogP contribution in [0, 0.1) is 6.92 Å². The first-order valence-electron chi connectivity index (χ1n) is 13.1. The van der Waals surface area contributed by atoms with E-state index in [1.54, 1.807) is 35.2 Å². The van der Waals surface area contributed by atoms with Gasteiger partial charge in [0.1, 0.15) is 6.23 Å². The molecule has 5 rings (SSSR count). The smallest absolute Gasteiger partial charge is 0.378 e. The van der Waals surface area contributed by atoms with Crippen molar-refractivity contribution in [2.24, 2.45) is 0 Å². The first-order chi connectivity index (χ1) is 19.2. The van der Waals surface area contributed by atoms with Crippen molar-refractivity contribution >= 4 is 10.0 Å².